The van der Waals surface area contributed by atoms with Crippen molar-refractivity contribution in [3.8, 4) is 0 Å². The van der Waals surface area contributed by atoms with Gasteiger partial charge in [0.25, 0.3) is 0 Å². The number of rotatable bonds is 6. The van der Waals surface area contributed by atoms with Crippen molar-refractivity contribution in [2.45, 2.75) is 12.8 Å². The Kier molecular flexibility index (Phi) is 10.6. The Hall–Kier alpha value is -2.66. The molecule has 124 valence electrons. The molecular formula is C18H14O6Zn. The van der Waals surface area contributed by atoms with Crippen LogP contribution in [0.1, 0.15) is 11.1 Å². The maximum atomic E-state index is 10.7. The second-order valence-corrected chi connectivity index (χ2v) is 4.75. The molecular weight excluding hydrogens is 378 g/mol. The van der Waals surface area contributed by atoms with E-state index in [-0.39, 0.29) is 32.3 Å². The van der Waals surface area contributed by atoms with Gasteiger partial charge in [0, 0.05) is 12.8 Å². The van der Waals surface area contributed by atoms with Gasteiger partial charge in [-0.05, 0) is 11.1 Å². The average Bonchev–Trinajstić information content (AvgIpc) is 2.57. The zero-order chi connectivity index (χ0) is 17.9. The molecule has 0 fully saturated rings. The summed E-state index contributed by atoms with van der Waals surface area (Å²) in [6.07, 6.45) is -0.188. The van der Waals surface area contributed by atoms with Crippen LogP contribution in [0.3, 0.4) is 0 Å². The van der Waals surface area contributed by atoms with Gasteiger partial charge in [-0.3, -0.25) is 9.59 Å². The number of carboxylic acid groups (broad SMARTS) is 2. The molecule has 0 spiro atoms. The number of Topliss-reactive ketones (excluding diaryl/α,β-unsaturated/α-hetero) is 2. The molecule has 2 aromatic rings. The third-order valence-corrected chi connectivity index (χ3v) is 2.87. The monoisotopic (exact) mass is 390 g/mol. The van der Waals surface area contributed by atoms with Gasteiger partial charge in [0.2, 0.25) is 0 Å². The van der Waals surface area contributed by atoms with Gasteiger partial charge in [0.1, 0.15) is 11.9 Å². The predicted molar refractivity (Wildman–Crippen MR) is 80.3 cm³/mol. The molecule has 7 heteroatoms. The predicted octanol–water partition coefficient (Wildman–Crippen LogP) is -0.906. The molecule has 0 radical (unpaired) electrons. The molecule has 0 aromatic heterocycles. The Morgan fingerprint density at radius 3 is 1.12 bits per heavy atom. The molecule has 0 unspecified atom stereocenters. The van der Waals surface area contributed by atoms with E-state index < -0.39 is 23.5 Å². The molecule has 0 saturated carbocycles. The Labute approximate surface area is 157 Å². The molecule has 2 rings (SSSR count). The zero-order valence-corrected chi connectivity index (χ0v) is 16.3. The molecule has 0 aliphatic carbocycles. The number of carbonyl (C=O) groups excluding carboxylic acids is 4. The first-order chi connectivity index (χ1) is 11.4. The van der Waals surface area contributed by atoms with Crippen molar-refractivity contribution < 1.29 is 48.9 Å². The summed E-state index contributed by atoms with van der Waals surface area (Å²) in [7, 11) is 0. The largest absolute Gasteiger partial charge is 2.00 e. The quantitative estimate of drug-likeness (QED) is 0.465. The normalized spacial score (nSPS) is 8.96. The van der Waals surface area contributed by atoms with Crippen molar-refractivity contribution in [3.05, 3.63) is 71.8 Å². The zero-order valence-electron chi connectivity index (χ0n) is 13.3. The minimum absolute atomic E-state index is 0. The van der Waals surface area contributed by atoms with Gasteiger partial charge in [-0.2, -0.15) is 0 Å². The summed E-state index contributed by atoms with van der Waals surface area (Å²) < 4.78 is 0. The van der Waals surface area contributed by atoms with Crippen LogP contribution in [0.15, 0.2) is 60.7 Å². The van der Waals surface area contributed by atoms with Crippen molar-refractivity contribution in [3.63, 3.8) is 0 Å². The third kappa shape index (κ3) is 9.27. The van der Waals surface area contributed by atoms with E-state index in [1.165, 1.54) is 0 Å². The molecule has 0 aliphatic heterocycles. The second kappa shape index (κ2) is 11.8. The number of hydrogen-bond acceptors (Lipinski definition) is 6. The summed E-state index contributed by atoms with van der Waals surface area (Å²) in [5, 5.41) is 20.1. The van der Waals surface area contributed by atoms with E-state index in [2.05, 4.69) is 0 Å². The fourth-order valence-corrected chi connectivity index (χ4v) is 1.71. The number of ketones is 2. The van der Waals surface area contributed by atoms with E-state index in [1.54, 1.807) is 60.7 Å². The molecule has 0 N–H and O–H groups in total. The van der Waals surface area contributed by atoms with E-state index in [1.807, 2.05) is 0 Å². The molecule has 0 atom stereocenters. The first-order valence-electron chi connectivity index (χ1n) is 6.96. The fraction of sp³-hybridized carbons (Fsp3) is 0.111. The number of carbonyl (C=O) groups is 4. The fourth-order valence-electron chi connectivity index (χ4n) is 1.71. The summed E-state index contributed by atoms with van der Waals surface area (Å²) in [6, 6.07) is 17.4. The molecule has 25 heavy (non-hydrogen) atoms. The van der Waals surface area contributed by atoms with E-state index in [0.29, 0.717) is 11.1 Å². The van der Waals surface area contributed by atoms with Crippen LogP contribution in [0.25, 0.3) is 0 Å². The van der Waals surface area contributed by atoms with Crippen LogP contribution in [0, 0.1) is 0 Å². The standard InChI is InChI=1S/2C9H8O3.Zn/c2*10-8(9(11)12)6-7-4-2-1-3-5-7;/h2*1-5H,6H2,(H,11,12);/q;;+2/p-2. The molecule has 0 amide bonds. The van der Waals surface area contributed by atoms with Gasteiger partial charge < -0.3 is 19.8 Å². The smallest absolute Gasteiger partial charge is 0.542 e. The first kappa shape index (κ1) is 22.3. The van der Waals surface area contributed by atoms with Gasteiger partial charge >= 0.3 is 19.5 Å². The van der Waals surface area contributed by atoms with Crippen LogP contribution in [0.5, 0.6) is 0 Å². The molecule has 0 saturated heterocycles. The van der Waals surface area contributed by atoms with E-state index in [4.69, 9.17) is 0 Å². The summed E-state index contributed by atoms with van der Waals surface area (Å²) in [4.78, 5) is 41.4. The van der Waals surface area contributed by atoms with Gasteiger partial charge in [-0.15, -0.1) is 0 Å². The van der Waals surface area contributed by atoms with Crippen LogP contribution >= 0.6 is 0 Å². The third-order valence-electron chi connectivity index (χ3n) is 2.87. The van der Waals surface area contributed by atoms with Crippen molar-refractivity contribution in [2.75, 3.05) is 0 Å². The Balaban J connectivity index is 0.000000443. The number of aliphatic carboxylic acids is 2. The summed E-state index contributed by atoms with van der Waals surface area (Å²) in [6.45, 7) is 0. The van der Waals surface area contributed by atoms with Crippen molar-refractivity contribution in [2.24, 2.45) is 0 Å². The maximum Gasteiger partial charge on any atom is 2.00 e. The van der Waals surface area contributed by atoms with Crippen LogP contribution in [0.4, 0.5) is 0 Å². The number of benzene rings is 2. The van der Waals surface area contributed by atoms with Crippen molar-refractivity contribution >= 4 is 23.5 Å². The Bertz CT molecular complexity index is 649. The van der Waals surface area contributed by atoms with Crippen LogP contribution in [-0.4, -0.2) is 23.5 Å². The van der Waals surface area contributed by atoms with Crippen molar-refractivity contribution in [1.29, 1.82) is 0 Å². The minimum Gasteiger partial charge on any atom is -0.542 e. The minimum atomic E-state index is -1.63. The molecule has 0 heterocycles. The molecule has 6 nitrogen and oxygen atoms in total. The SMILES string of the molecule is O=C([O-])C(=O)Cc1ccccc1.O=C([O-])C(=O)Cc1ccccc1.[Zn+2]. The Morgan fingerprint density at radius 1 is 0.600 bits per heavy atom. The maximum absolute atomic E-state index is 10.7. The topological polar surface area (TPSA) is 114 Å². The van der Waals surface area contributed by atoms with Gasteiger partial charge in [0.15, 0.2) is 11.6 Å². The summed E-state index contributed by atoms with van der Waals surface area (Å²) in [5.41, 5.74) is 1.37. The van der Waals surface area contributed by atoms with Crippen molar-refractivity contribution in [1.82, 2.24) is 0 Å². The molecule has 0 bridgehead atoms. The van der Waals surface area contributed by atoms with E-state index in [0.717, 1.165) is 0 Å². The summed E-state index contributed by atoms with van der Waals surface area (Å²) in [5.74, 6) is -5.03. The second-order valence-electron chi connectivity index (χ2n) is 4.75. The first-order valence-corrected chi connectivity index (χ1v) is 6.96. The summed E-state index contributed by atoms with van der Waals surface area (Å²) >= 11 is 0. The Morgan fingerprint density at radius 2 is 0.880 bits per heavy atom. The van der Waals surface area contributed by atoms with E-state index >= 15 is 0 Å². The van der Waals surface area contributed by atoms with Gasteiger partial charge in [-0.1, -0.05) is 60.7 Å². The van der Waals surface area contributed by atoms with Gasteiger partial charge in [-0.25, -0.2) is 0 Å². The van der Waals surface area contributed by atoms with Gasteiger partial charge in [0.05, 0.1) is 0 Å². The molecule has 2 aromatic carbocycles. The number of hydrogen-bond donors (Lipinski definition) is 0. The van der Waals surface area contributed by atoms with Crippen LogP contribution < -0.4 is 10.2 Å². The van der Waals surface area contributed by atoms with Crippen LogP contribution in [0.2, 0.25) is 0 Å². The van der Waals surface area contributed by atoms with E-state index in [9.17, 15) is 29.4 Å². The average molecular weight is 392 g/mol. The molecule has 0 aliphatic rings. The van der Waals surface area contributed by atoms with Crippen LogP contribution in [-0.2, 0) is 51.5 Å². The number of carboxylic acids is 2.